The van der Waals surface area contributed by atoms with Gasteiger partial charge in [-0.3, -0.25) is 15.0 Å². The van der Waals surface area contributed by atoms with Crippen molar-refractivity contribution < 1.29 is 18.3 Å². The lowest BCUT2D eigenvalue weighted by Gasteiger charge is -2.33. The van der Waals surface area contributed by atoms with Crippen molar-refractivity contribution in [1.82, 2.24) is 15.0 Å². The fraction of sp³-hybridized carbons (Fsp3) is 0.557. The molecule has 7 heteroatoms. The molecule has 4 aliphatic rings. The maximum Gasteiger partial charge on any atom is 0.248 e. The molecule has 5 heterocycles. The third-order valence-electron chi connectivity index (χ3n) is 16.3. The van der Waals surface area contributed by atoms with Crippen LogP contribution in [0, 0.1) is 17.8 Å². The molecule has 7 aromatic rings. The molecular formula is C88H141F2N3O2. The van der Waals surface area contributed by atoms with E-state index < -0.39 is 5.92 Å². The Kier molecular flexibility index (Phi) is 65.5. The van der Waals surface area contributed by atoms with Crippen LogP contribution in [-0.2, 0) is 41.6 Å². The van der Waals surface area contributed by atoms with Gasteiger partial charge in [0.15, 0.2) is 0 Å². The number of aromatic nitrogens is 3. The summed E-state index contributed by atoms with van der Waals surface area (Å²) < 4.78 is 34.7. The Labute approximate surface area is 585 Å². The third-order valence-corrected chi connectivity index (χ3v) is 16.3. The molecular weight excluding hydrogens is 1170 g/mol. The Hall–Kier alpha value is -5.89. The van der Waals surface area contributed by atoms with Crippen LogP contribution in [0.1, 0.15) is 279 Å². The van der Waals surface area contributed by atoms with Crippen molar-refractivity contribution >= 4 is 0 Å². The summed E-state index contributed by atoms with van der Waals surface area (Å²) in [5, 5.41) is 0. The summed E-state index contributed by atoms with van der Waals surface area (Å²) in [6.45, 7) is 39.1. The average molecular weight is 1310 g/mol. The highest BCUT2D eigenvalue weighted by Crippen LogP contribution is 2.43. The topological polar surface area (TPSA) is 57.1 Å². The van der Waals surface area contributed by atoms with Gasteiger partial charge in [0, 0.05) is 68.8 Å². The zero-order valence-electron chi connectivity index (χ0n) is 62.8. The number of rotatable bonds is 11. The number of pyridine rings is 3. The van der Waals surface area contributed by atoms with Gasteiger partial charge in [-0.05, 0) is 158 Å². The van der Waals surface area contributed by atoms with Gasteiger partial charge in [0.05, 0.1) is 6.10 Å². The number of ether oxygens (including phenoxy) is 2. The monoisotopic (exact) mass is 1310 g/mol. The molecule has 5 nitrogen and oxygen atoms in total. The molecule has 534 valence electrons. The number of aryl methyl sites for hydroxylation is 5. The van der Waals surface area contributed by atoms with E-state index in [1.807, 2.05) is 120 Å². The number of hydrogen-bond donors (Lipinski definition) is 0. The Morgan fingerprint density at radius 3 is 1.09 bits per heavy atom. The van der Waals surface area contributed by atoms with Crippen molar-refractivity contribution in [3.8, 4) is 0 Å². The van der Waals surface area contributed by atoms with Gasteiger partial charge in [-0.25, -0.2) is 8.78 Å². The molecule has 0 amide bonds. The molecule has 95 heavy (non-hydrogen) atoms. The SMILES string of the molecule is C.CC.CC.CC(C)c1ccccc1.CC(C)c1ccccn1.CCC1CC(F)(F)C1.CCC1CCCCC1.CCC1CCCCO1.CCC1CCCOC1.CCc1ccccc1.CCc1ccccc1.CCc1ccccc1.CCc1ccccn1.CCc1cccnc1. The molecule has 11 rings (SSSR count). The van der Waals surface area contributed by atoms with Gasteiger partial charge in [-0.1, -0.05) is 316 Å². The summed E-state index contributed by atoms with van der Waals surface area (Å²) in [4.78, 5) is 12.2. The van der Waals surface area contributed by atoms with E-state index in [0.717, 1.165) is 81.6 Å². The molecule has 0 bridgehead atoms. The quantitative estimate of drug-likeness (QED) is 0.129. The van der Waals surface area contributed by atoms with Gasteiger partial charge in [0.2, 0.25) is 5.92 Å². The predicted octanol–water partition coefficient (Wildman–Crippen LogP) is 26.9. The number of alkyl halides is 2. The van der Waals surface area contributed by atoms with Crippen LogP contribution in [-0.4, -0.2) is 46.8 Å². The molecule has 4 aromatic carbocycles. The van der Waals surface area contributed by atoms with Crippen molar-refractivity contribution in [2.45, 2.75) is 284 Å². The summed E-state index contributed by atoms with van der Waals surface area (Å²) in [5.74, 6) is 1.16. The number of nitrogens with zero attached hydrogens (tertiary/aromatic N) is 3. The Morgan fingerprint density at radius 1 is 0.411 bits per heavy atom. The summed E-state index contributed by atoms with van der Waals surface area (Å²) in [5.41, 5.74) is 9.27. The van der Waals surface area contributed by atoms with E-state index in [1.165, 1.54) is 111 Å². The van der Waals surface area contributed by atoms with E-state index in [-0.39, 0.29) is 20.3 Å². The lowest BCUT2D eigenvalue weighted by atomic mass is 9.80. The third kappa shape index (κ3) is 53.9. The Balaban J connectivity index is -0.000000974. The average Bonchev–Trinajstić information content (AvgIpc) is 0.926. The molecule has 2 saturated carbocycles. The lowest BCUT2D eigenvalue weighted by Crippen LogP contribution is -2.34. The van der Waals surface area contributed by atoms with Crippen molar-refractivity contribution in [2.75, 3.05) is 19.8 Å². The fourth-order valence-corrected chi connectivity index (χ4v) is 9.84. The van der Waals surface area contributed by atoms with E-state index in [2.05, 4.69) is 201 Å². The lowest BCUT2D eigenvalue weighted by molar-refractivity contribution is -0.110. The number of halogens is 2. The zero-order chi connectivity index (χ0) is 70.1. The van der Waals surface area contributed by atoms with Crippen molar-refractivity contribution in [2.24, 2.45) is 17.8 Å². The van der Waals surface area contributed by atoms with Gasteiger partial charge < -0.3 is 9.47 Å². The van der Waals surface area contributed by atoms with Gasteiger partial charge in [-0.2, -0.15) is 0 Å². The summed E-state index contributed by atoms with van der Waals surface area (Å²) in [7, 11) is 0. The summed E-state index contributed by atoms with van der Waals surface area (Å²) in [6.07, 6.45) is 32.6. The molecule has 2 unspecified atom stereocenters. The fourth-order valence-electron chi connectivity index (χ4n) is 9.84. The molecule has 0 spiro atoms. The second-order valence-corrected chi connectivity index (χ2v) is 24.2. The largest absolute Gasteiger partial charge is 0.381 e. The minimum absolute atomic E-state index is 0. The van der Waals surface area contributed by atoms with Crippen LogP contribution in [0.3, 0.4) is 0 Å². The van der Waals surface area contributed by atoms with Crippen LogP contribution >= 0.6 is 0 Å². The Bertz CT molecular complexity index is 2220. The first kappa shape index (κ1) is 93.3. The molecule has 4 fully saturated rings. The first-order chi connectivity index (χ1) is 45.7. The highest BCUT2D eigenvalue weighted by atomic mass is 19.3. The number of hydrogen-bond acceptors (Lipinski definition) is 5. The van der Waals surface area contributed by atoms with Crippen LogP contribution in [0.4, 0.5) is 8.78 Å². The minimum atomic E-state index is -2.30. The van der Waals surface area contributed by atoms with Crippen molar-refractivity contribution in [3.05, 3.63) is 234 Å². The van der Waals surface area contributed by atoms with Crippen LogP contribution in [0.15, 0.2) is 195 Å². The minimum Gasteiger partial charge on any atom is -0.381 e. The maximum atomic E-state index is 12.0. The van der Waals surface area contributed by atoms with Gasteiger partial charge in [0.1, 0.15) is 0 Å². The second kappa shape index (κ2) is 66.7. The van der Waals surface area contributed by atoms with Crippen LogP contribution in [0.25, 0.3) is 0 Å². The van der Waals surface area contributed by atoms with E-state index in [0.29, 0.717) is 23.9 Å². The smallest absolute Gasteiger partial charge is 0.248 e. The molecule has 2 saturated heterocycles. The number of benzene rings is 4. The van der Waals surface area contributed by atoms with Crippen LogP contribution in [0.5, 0.6) is 0 Å². The first-order valence-electron chi connectivity index (χ1n) is 37.1. The van der Waals surface area contributed by atoms with Gasteiger partial charge >= 0.3 is 0 Å². The van der Waals surface area contributed by atoms with Gasteiger partial charge in [0.25, 0.3) is 0 Å². The highest BCUT2D eigenvalue weighted by molar-refractivity contribution is 5.18. The van der Waals surface area contributed by atoms with E-state index >= 15 is 0 Å². The normalized spacial score (nSPS) is 15.3. The van der Waals surface area contributed by atoms with Crippen LogP contribution in [0.2, 0.25) is 0 Å². The van der Waals surface area contributed by atoms with E-state index in [9.17, 15) is 8.78 Å². The Morgan fingerprint density at radius 2 is 0.853 bits per heavy atom. The van der Waals surface area contributed by atoms with Gasteiger partial charge in [-0.15, -0.1) is 0 Å². The van der Waals surface area contributed by atoms with E-state index in [4.69, 9.17) is 9.47 Å². The molecule has 0 radical (unpaired) electrons. The maximum absolute atomic E-state index is 12.0. The standard InChI is InChI=1S/C9H12.C8H11N.C8H16.3C8H10.2C7H9N.2C7H14O.C6H10F2.2C2H6.CH4/c1-8(2)9-6-4-3-5-7-9;1-7(2)8-5-3-4-6-9-8;4*1-2-8-6-4-3-5-7-8;1-2-7-4-3-5-8-6-7;1-2-7-5-3-4-6-8-7;1-2-7-4-3-5-8-6-7;1-2-7-5-3-4-6-8-7;1-2-5-3-6(7,8)4-5;2*1-2;/h3-8H,1-2H3;3-7H,1-2H3;8H,2-7H2,1H3;3*3-7H,2H2,1H3;2*3-6H,2H2,1H3;2*7H,2-6H2,1H3;5H,2-4H2,1H3;2*1-2H3;1H4. The highest BCUT2D eigenvalue weighted by Gasteiger charge is 2.43. The molecule has 0 N–H and O–H groups in total. The second-order valence-electron chi connectivity index (χ2n) is 24.2. The molecule has 2 atom stereocenters. The first-order valence-corrected chi connectivity index (χ1v) is 37.1. The van der Waals surface area contributed by atoms with E-state index in [1.54, 1.807) is 6.20 Å². The van der Waals surface area contributed by atoms with Crippen molar-refractivity contribution in [1.29, 1.82) is 0 Å². The summed E-state index contributed by atoms with van der Waals surface area (Å²) >= 11 is 0. The molecule has 2 aliphatic carbocycles. The van der Waals surface area contributed by atoms with Crippen LogP contribution < -0.4 is 0 Å². The molecule has 3 aromatic heterocycles. The zero-order valence-corrected chi connectivity index (χ0v) is 62.8. The summed E-state index contributed by atoms with van der Waals surface area (Å²) in [6, 6.07) is 57.9. The molecule has 2 aliphatic heterocycles. The van der Waals surface area contributed by atoms with Crippen molar-refractivity contribution in [3.63, 3.8) is 0 Å². The predicted molar refractivity (Wildman–Crippen MR) is 416 cm³/mol.